The first-order chi connectivity index (χ1) is 4.41. The van der Waals surface area contributed by atoms with E-state index in [1.165, 1.54) is 12.8 Å². The Kier molecular flexibility index (Phi) is 25.9. The Balaban J connectivity index is -0.000000101. The number of halogens is 2. The van der Waals surface area contributed by atoms with Crippen LogP contribution in [0.5, 0.6) is 0 Å². The second kappa shape index (κ2) is 16.6. The molecule has 11 heavy (non-hydrogen) atoms. The fraction of sp³-hybridized carbons (Fsp3) is 0.556. The highest BCUT2D eigenvalue weighted by atomic mass is 35.5. The van der Waals surface area contributed by atoms with Crippen LogP contribution in [-0.2, 0) is 0 Å². The van der Waals surface area contributed by atoms with E-state index >= 15 is 0 Å². The highest BCUT2D eigenvalue weighted by Crippen LogP contribution is 1.93. The second-order valence-corrected chi connectivity index (χ2v) is 2.09. The number of hydrogen-bond donors (Lipinski definition) is 0. The summed E-state index contributed by atoms with van der Waals surface area (Å²) in [5.74, 6) is 0. The minimum absolute atomic E-state index is 0. The van der Waals surface area contributed by atoms with Gasteiger partial charge in [-0.2, -0.15) is 0 Å². The fourth-order valence-electron chi connectivity index (χ4n) is 0.393. The molecule has 0 atom stereocenters. The topological polar surface area (TPSA) is 0 Å². The third-order valence-corrected chi connectivity index (χ3v) is 1.16. The van der Waals surface area contributed by atoms with Gasteiger partial charge in [-0.05, 0) is 6.42 Å². The summed E-state index contributed by atoms with van der Waals surface area (Å²) >= 11 is 0. The van der Waals surface area contributed by atoms with Crippen molar-refractivity contribution in [1.82, 2.24) is 0 Å². The summed E-state index contributed by atoms with van der Waals surface area (Å²) in [6.07, 6.45) is 12.1. The molecule has 0 amide bonds. The number of allylic oxidation sites excluding steroid dienone is 4. The van der Waals surface area contributed by atoms with Crippen LogP contribution in [-0.4, -0.2) is 0 Å². The van der Waals surface area contributed by atoms with Crippen LogP contribution < -0.4 is 0 Å². The van der Waals surface area contributed by atoms with Gasteiger partial charge in [-0.25, -0.2) is 0 Å². The van der Waals surface area contributed by atoms with Gasteiger partial charge in [0.05, 0.1) is 0 Å². The molecule has 0 fully saturated rings. The highest BCUT2D eigenvalue weighted by molar-refractivity contribution is 5.85. The summed E-state index contributed by atoms with van der Waals surface area (Å²) in [6.45, 7) is 4.36. The molecule has 0 saturated carbocycles. The molecule has 0 spiro atoms. The molecule has 0 saturated heterocycles. The Morgan fingerprint density at radius 1 is 0.909 bits per heavy atom. The molecule has 0 aromatic heterocycles. The van der Waals surface area contributed by atoms with E-state index in [1.807, 2.05) is 0 Å². The van der Waals surface area contributed by atoms with Crippen LogP contribution in [0, 0.1) is 0 Å². The minimum Gasteiger partial charge on any atom is -0.147 e. The van der Waals surface area contributed by atoms with E-state index in [-0.39, 0.29) is 24.8 Å². The molecule has 1 rings (SSSR count). The molecule has 0 aromatic rings. The second-order valence-electron chi connectivity index (χ2n) is 2.09. The van der Waals surface area contributed by atoms with Crippen LogP contribution in [0.4, 0.5) is 0 Å². The maximum atomic E-state index is 2.18. The van der Waals surface area contributed by atoms with E-state index in [2.05, 4.69) is 38.2 Å². The van der Waals surface area contributed by atoms with Crippen LogP contribution in [0.1, 0.15) is 33.1 Å². The van der Waals surface area contributed by atoms with E-state index in [1.54, 1.807) is 0 Å². The largest absolute Gasteiger partial charge is 0.147 e. The summed E-state index contributed by atoms with van der Waals surface area (Å²) < 4.78 is 0. The SMILES string of the molecule is C1=CCC=C1.CCCC.Cl.Cl. The van der Waals surface area contributed by atoms with E-state index in [4.69, 9.17) is 0 Å². The van der Waals surface area contributed by atoms with Gasteiger partial charge in [0.15, 0.2) is 0 Å². The lowest BCUT2D eigenvalue weighted by Gasteiger charge is -1.68. The fourth-order valence-corrected chi connectivity index (χ4v) is 0.393. The molecule has 68 valence electrons. The van der Waals surface area contributed by atoms with Crippen molar-refractivity contribution in [3.8, 4) is 0 Å². The van der Waals surface area contributed by atoms with Crippen molar-refractivity contribution >= 4 is 24.8 Å². The molecule has 0 unspecified atom stereocenters. The van der Waals surface area contributed by atoms with Gasteiger partial charge in [0.2, 0.25) is 0 Å². The first-order valence-electron chi connectivity index (χ1n) is 3.73. The zero-order valence-electron chi connectivity index (χ0n) is 7.25. The van der Waals surface area contributed by atoms with Gasteiger partial charge in [0.25, 0.3) is 0 Å². The van der Waals surface area contributed by atoms with Gasteiger partial charge in [-0.3, -0.25) is 0 Å². The molecule has 1 aliphatic rings. The Morgan fingerprint density at radius 3 is 1.36 bits per heavy atom. The summed E-state index contributed by atoms with van der Waals surface area (Å²) in [4.78, 5) is 0. The molecular formula is C9H18Cl2. The molecule has 1 aliphatic carbocycles. The maximum absolute atomic E-state index is 2.18. The molecule has 0 bridgehead atoms. The first kappa shape index (κ1) is 17.2. The number of unbranched alkanes of at least 4 members (excludes halogenated alkanes) is 1. The average molecular weight is 197 g/mol. The lowest BCUT2D eigenvalue weighted by molar-refractivity contribution is 0.886. The van der Waals surface area contributed by atoms with Crippen LogP contribution in [0.15, 0.2) is 24.3 Å². The summed E-state index contributed by atoms with van der Waals surface area (Å²) in [7, 11) is 0. The standard InChI is InChI=1S/C5H6.C4H10.2ClH/c1-2-4-5-3-1;1-3-4-2;;/h1-4H,5H2;3-4H2,1-2H3;2*1H. The summed E-state index contributed by atoms with van der Waals surface area (Å²) in [5.41, 5.74) is 0. The van der Waals surface area contributed by atoms with Crippen molar-refractivity contribution in [1.29, 1.82) is 0 Å². The maximum Gasteiger partial charge on any atom is -0.0163 e. The molecule has 0 N–H and O–H groups in total. The summed E-state index contributed by atoms with van der Waals surface area (Å²) in [5, 5.41) is 0. The van der Waals surface area contributed by atoms with E-state index in [0.717, 1.165) is 6.42 Å². The van der Waals surface area contributed by atoms with Crippen molar-refractivity contribution in [3.63, 3.8) is 0 Å². The van der Waals surface area contributed by atoms with Crippen LogP contribution in [0.3, 0.4) is 0 Å². The van der Waals surface area contributed by atoms with Gasteiger partial charge < -0.3 is 0 Å². The predicted octanol–water partition coefficient (Wildman–Crippen LogP) is 4.15. The lowest BCUT2D eigenvalue weighted by atomic mass is 10.4. The molecular weight excluding hydrogens is 179 g/mol. The summed E-state index contributed by atoms with van der Waals surface area (Å²) in [6, 6.07) is 0. The van der Waals surface area contributed by atoms with E-state index in [0.29, 0.717) is 0 Å². The Morgan fingerprint density at radius 2 is 1.27 bits per heavy atom. The molecule has 0 aromatic carbocycles. The van der Waals surface area contributed by atoms with Crippen LogP contribution in [0.2, 0.25) is 0 Å². The van der Waals surface area contributed by atoms with Gasteiger partial charge >= 0.3 is 0 Å². The Bertz CT molecular complexity index is 83.7. The Hall–Kier alpha value is 0.0600. The van der Waals surface area contributed by atoms with Crippen molar-refractivity contribution < 1.29 is 0 Å². The van der Waals surface area contributed by atoms with Crippen molar-refractivity contribution in [2.24, 2.45) is 0 Å². The predicted molar refractivity (Wildman–Crippen MR) is 58.0 cm³/mol. The smallest absolute Gasteiger partial charge is 0.0163 e. The third-order valence-electron chi connectivity index (χ3n) is 1.16. The van der Waals surface area contributed by atoms with Gasteiger partial charge in [0, 0.05) is 0 Å². The van der Waals surface area contributed by atoms with Gasteiger partial charge in [0.1, 0.15) is 0 Å². The molecule has 0 heterocycles. The number of rotatable bonds is 1. The first-order valence-corrected chi connectivity index (χ1v) is 3.73. The highest BCUT2D eigenvalue weighted by Gasteiger charge is 1.72. The monoisotopic (exact) mass is 196 g/mol. The Labute approximate surface area is 82.6 Å². The molecule has 0 radical (unpaired) electrons. The normalized spacial score (nSPS) is 10.7. The molecule has 0 nitrogen and oxygen atoms in total. The van der Waals surface area contributed by atoms with Crippen LogP contribution >= 0.6 is 24.8 Å². The number of hydrogen-bond acceptors (Lipinski definition) is 0. The van der Waals surface area contributed by atoms with Gasteiger partial charge in [-0.1, -0.05) is 51.0 Å². The van der Waals surface area contributed by atoms with E-state index < -0.39 is 0 Å². The van der Waals surface area contributed by atoms with Crippen molar-refractivity contribution in [2.75, 3.05) is 0 Å². The van der Waals surface area contributed by atoms with Crippen LogP contribution in [0.25, 0.3) is 0 Å². The zero-order valence-corrected chi connectivity index (χ0v) is 8.88. The minimum atomic E-state index is 0. The third kappa shape index (κ3) is 17.8. The average Bonchev–Trinajstić information content (AvgIpc) is 2.43. The van der Waals surface area contributed by atoms with Crippen molar-refractivity contribution in [3.05, 3.63) is 24.3 Å². The van der Waals surface area contributed by atoms with E-state index in [9.17, 15) is 0 Å². The lowest BCUT2D eigenvalue weighted by Crippen LogP contribution is -1.47. The quantitative estimate of drug-likeness (QED) is 0.592. The molecule has 2 heteroatoms. The molecule has 0 aliphatic heterocycles. The zero-order chi connectivity index (χ0) is 6.95. The van der Waals surface area contributed by atoms with Crippen molar-refractivity contribution in [2.45, 2.75) is 33.1 Å². The van der Waals surface area contributed by atoms with Gasteiger partial charge in [-0.15, -0.1) is 24.8 Å².